The normalized spacial score (nSPS) is 12.9. The highest BCUT2D eigenvalue weighted by atomic mass is 32.2. The zero-order chi connectivity index (χ0) is 28.0. The molecular formula is C26H27N7O3S3. The molecule has 0 spiro atoms. The van der Waals surface area contributed by atoms with E-state index in [-0.39, 0.29) is 21.6 Å². The smallest absolute Gasteiger partial charge is 0.267 e. The van der Waals surface area contributed by atoms with Crippen LogP contribution in [-0.4, -0.2) is 48.6 Å². The number of benzene rings is 3. The minimum atomic E-state index is -4.00. The van der Waals surface area contributed by atoms with E-state index in [0.717, 1.165) is 16.7 Å². The maximum Gasteiger partial charge on any atom is 0.267 e. The molecule has 0 bridgehead atoms. The molecule has 39 heavy (non-hydrogen) atoms. The molecule has 0 radical (unpaired) electrons. The van der Waals surface area contributed by atoms with Crippen LogP contribution >= 0.6 is 23.3 Å². The van der Waals surface area contributed by atoms with Crippen LogP contribution in [0.2, 0.25) is 0 Å². The number of primary sulfonamides is 1. The summed E-state index contributed by atoms with van der Waals surface area (Å²) in [5.41, 5.74) is 9.39. The fourth-order valence-electron chi connectivity index (χ4n) is 3.83. The number of sulfonamides is 1. The lowest BCUT2D eigenvalue weighted by atomic mass is 9.84. The molecule has 0 fully saturated rings. The first-order chi connectivity index (χ1) is 18.6. The van der Waals surface area contributed by atoms with Gasteiger partial charge < -0.3 is 10.6 Å². The molecular weight excluding hydrogens is 555 g/mol. The van der Waals surface area contributed by atoms with E-state index in [1.54, 1.807) is 7.05 Å². The Kier molecular flexibility index (Phi) is 8.65. The van der Waals surface area contributed by atoms with E-state index in [0.29, 0.717) is 11.3 Å². The van der Waals surface area contributed by atoms with Gasteiger partial charge in [0.15, 0.2) is 0 Å². The number of carbonyl (C=O) groups excluding carboxylic acids is 1. The van der Waals surface area contributed by atoms with E-state index in [1.807, 2.05) is 54.6 Å². The van der Waals surface area contributed by atoms with Gasteiger partial charge in [-0.2, -0.15) is 9.39 Å². The lowest BCUT2D eigenvalue weighted by Crippen LogP contribution is -2.38. The molecule has 4 rings (SSSR count). The van der Waals surface area contributed by atoms with Crippen molar-refractivity contribution >= 4 is 45.2 Å². The average Bonchev–Trinajstić information content (AvgIpc) is 3.31. The predicted molar refractivity (Wildman–Crippen MR) is 154 cm³/mol. The first kappa shape index (κ1) is 28.2. The third-order valence-electron chi connectivity index (χ3n) is 5.73. The molecule has 0 saturated heterocycles. The molecule has 1 aromatic heterocycles. The second-order valence-corrected chi connectivity index (χ2v) is 12.2. The van der Waals surface area contributed by atoms with Gasteiger partial charge in [-0.1, -0.05) is 102 Å². The minimum absolute atomic E-state index is 0.0959. The van der Waals surface area contributed by atoms with Crippen LogP contribution in [0.3, 0.4) is 0 Å². The fourth-order valence-corrected chi connectivity index (χ4v) is 6.49. The van der Waals surface area contributed by atoms with Gasteiger partial charge in [-0.25, -0.2) is 18.2 Å². The molecule has 3 aromatic carbocycles. The zero-order valence-corrected chi connectivity index (χ0v) is 23.7. The van der Waals surface area contributed by atoms with E-state index in [4.69, 9.17) is 10.9 Å². The Morgan fingerprint density at radius 1 is 0.974 bits per heavy atom. The molecule has 1 heterocycles. The van der Waals surface area contributed by atoms with Crippen molar-refractivity contribution in [2.75, 3.05) is 13.6 Å². The van der Waals surface area contributed by atoms with Gasteiger partial charge in [0, 0.05) is 14.1 Å². The summed E-state index contributed by atoms with van der Waals surface area (Å²) in [6.45, 7) is -0.187. The minimum Gasteiger partial charge on any atom is -0.369 e. The number of aryl methyl sites for hydroxylation is 1. The summed E-state index contributed by atoms with van der Waals surface area (Å²) in [7, 11) is -0.899. The van der Waals surface area contributed by atoms with Gasteiger partial charge in [0.05, 0.1) is 0 Å². The molecule has 202 valence electrons. The third kappa shape index (κ3) is 6.45. The van der Waals surface area contributed by atoms with E-state index in [9.17, 15) is 13.2 Å². The quantitative estimate of drug-likeness (QED) is 0.140. The van der Waals surface area contributed by atoms with Crippen molar-refractivity contribution in [1.82, 2.24) is 14.7 Å². The number of likely N-dealkylation sites (N-methyl/N-ethyl adjacent to an activating group) is 1. The Morgan fingerprint density at radius 2 is 1.44 bits per heavy atom. The van der Waals surface area contributed by atoms with Crippen molar-refractivity contribution in [2.45, 2.75) is 9.09 Å². The number of carbonyl (C=O) groups is 1. The van der Waals surface area contributed by atoms with Crippen LogP contribution in [0.4, 0.5) is 0 Å². The highest BCUT2D eigenvalue weighted by Gasteiger charge is 2.38. The molecule has 0 aliphatic rings. The monoisotopic (exact) mass is 581 g/mol. The van der Waals surface area contributed by atoms with Crippen LogP contribution in [-0.2, 0) is 26.6 Å². The lowest BCUT2D eigenvalue weighted by molar-refractivity contribution is -0.118. The molecule has 4 N–H and O–H groups in total. The van der Waals surface area contributed by atoms with E-state index < -0.39 is 20.7 Å². The van der Waals surface area contributed by atoms with Gasteiger partial charge in [-0.05, 0) is 28.6 Å². The predicted octanol–water partition coefficient (Wildman–Crippen LogP) is 2.44. The van der Waals surface area contributed by atoms with Crippen molar-refractivity contribution in [1.29, 1.82) is 0 Å². The van der Waals surface area contributed by atoms with Crippen molar-refractivity contribution in [3.05, 3.63) is 112 Å². The summed E-state index contributed by atoms with van der Waals surface area (Å²) >= 11 is 2.00. The molecule has 0 aliphatic heterocycles. The van der Waals surface area contributed by atoms with Crippen LogP contribution in [0.25, 0.3) is 0 Å². The number of aromatic nitrogens is 2. The standard InChI is InChI=1S/C26H27N7O3S3/c1-32(18-22(34)29-24-33(2)30-25(37-24)39(28,35)36)23(27)31-38-26(19-12-6-3-7-13-19,20-14-8-4-9-15-20)21-16-10-5-11-17-21/h3-17H,18H2,1-2H3,(H2,27,31)(H2,28,35,36). The van der Waals surface area contributed by atoms with E-state index >= 15 is 0 Å². The second kappa shape index (κ2) is 11.9. The highest BCUT2D eigenvalue weighted by Crippen LogP contribution is 2.48. The second-order valence-electron chi connectivity index (χ2n) is 8.50. The van der Waals surface area contributed by atoms with Crippen molar-refractivity contribution in [3.63, 3.8) is 0 Å². The van der Waals surface area contributed by atoms with Gasteiger partial charge in [-0.3, -0.25) is 4.79 Å². The Morgan fingerprint density at radius 3 is 1.85 bits per heavy atom. The van der Waals surface area contributed by atoms with Gasteiger partial charge >= 0.3 is 0 Å². The van der Waals surface area contributed by atoms with Gasteiger partial charge in [0.1, 0.15) is 11.3 Å². The Hall–Kier alpha value is -3.78. The Bertz CT molecular complexity index is 1540. The fraction of sp³-hybridized carbons (Fsp3) is 0.154. The summed E-state index contributed by atoms with van der Waals surface area (Å²) in [4.78, 5) is 18.2. The molecule has 0 aliphatic carbocycles. The first-order valence-electron chi connectivity index (χ1n) is 11.6. The number of rotatable bonds is 8. The maximum atomic E-state index is 12.7. The van der Waals surface area contributed by atoms with Gasteiger partial charge in [0.25, 0.3) is 15.9 Å². The van der Waals surface area contributed by atoms with Gasteiger partial charge in [0.2, 0.25) is 15.1 Å². The number of nitrogens with zero attached hydrogens (tertiary/aromatic N) is 5. The molecule has 10 nitrogen and oxygen atoms in total. The molecule has 0 unspecified atom stereocenters. The maximum absolute atomic E-state index is 12.7. The molecule has 1 amide bonds. The summed E-state index contributed by atoms with van der Waals surface area (Å²) < 4.78 is 27.9. The summed E-state index contributed by atoms with van der Waals surface area (Å²) in [6, 6.07) is 30.1. The highest BCUT2D eigenvalue weighted by molar-refractivity contribution is 7.99. The summed E-state index contributed by atoms with van der Waals surface area (Å²) in [5.74, 6) is -0.434. The number of hydrogen-bond donors (Lipinski definition) is 2. The van der Waals surface area contributed by atoms with Gasteiger partial charge in [-0.15, -0.1) is 5.10 Å². The van der Waals surface area contributed by atoms with Crippen LogP contribution < -0.4 is 15.7 Å². The molecule has 0 saturated carbocycles. The first-order valence-corrected chi connectivity index (χ1v) is 14.8. The van der Waals surface area contributed by atoms with E-state index in [1.165, 1.54) is 28.6 Å². The van der Waals surface area contributed by atoms with E-state index in [2.05, 4.69) is 50.9 Å². The third-order valence-corrected chi connectivity index (χ3v) is 9.30. The van der Waals surface area contributed by atoms with Crippen molar-refractivity contribution < 1.29 is 13.2 Å². The number of nitrogens with two attached hydrogens (primary N) is 2. The number of amides is 1. The largest absolute Gasteiger partial charge is 0.369 e. The van der Waals surface area contributed by atoms with Crippen LogP contribution in [0.5, 0.6) is 0 Å². The Balaban J connectivity index is 1.66. The molecule has 13 heteroatoms. The number of guanidine groups is 1. The topological polar surface area (TPSA) is 149 Å². The molecule has 4 aromatic rings. The molecule has 0 atom stereocenters. The van der Waals surface area contributed by atoms with Crippen LogP contribution in [0.15, 0.2) is 105 Å². The van der Waals surface area contributed by atoms with Crippen molar-refractivity contribution in [3.8, 4) is 0 Å². The number of hydrogen-bond acceptors (Lipinski definition) is 7. The van der Waals surface area contributed by atoms with Crippen LogP contribution in [0, 0.1) is 0 Å². The van der Waals surface area contributed by atoms with Crippen LogP contribution in [0.1, 0.15) is 16.7 Å². The Labute approximate surface area is 234 Å². The average molecular weight is 582 g/mol. The summed E-state index contributed by atoms with van der Waals surface area (Å²) in [5, 5.41) is 8.93. The zero-order valence-electron chi connectivity index (χ0n) is 21.2. The summed E-state index contributed by atoms with van der Waals surface area (Å²) in [6.07, 6.45) is 0. The van der Waals surface area contributed by atoms with Crippen molar-refractivity contribution in [2.24, 2.45) is 27.3 Å². The SMILES string of the molecule is CN(CC(=O)N=c1sc(S(N)(=O)=O)nn1C)/C(N)=N/SC(c1ccccc1)(c1ccccc1)c1ccccc1. The lowest BCUT2D eigenvalue weighted by Gasteiger charge is -2.33.